The molecule has 1 aromatic carbocycles. The zero-order valence-corrected chi connectivity index (χ0v) is 18.5. The molecule has 0 unspecified atom stereocenters. The molecule has 0 aliphatic heterocycles. The van der Waals surface area contributed by atoms with E-state index in [9.17, 15) is 4.79 Å². The molecular weight excluding hydrogens is 467 g/mol. The van der Waals surface area contributed by atoms with E-state index in [1.54, 1.807) is 19.2 Å². The van der Waals surface area contributed by atoms with Gasteiger partial charge in [0.25, 0.3) is 0 Å². The number of nitrogens with zero attached hydrogens (tertiary/aromatic N) is 3. The molecular formula is C19H19BrCl2N4O2. The van der Waals surface area contributed by atoms with E-state index >= 15 is 0 Å². The Morgan fingerprint density at radius 1 is 1.36 bits per heavy atom. The molecule has 0 aliphatic rings. The lowest BCUT2D eigenvalue weighted by Crippen LogP contribution is -2.28. The van der Waals surface area contributed by atoms with Gasteiger partial charge < -0.3 is 15.4 Å². The van der Waals surface area contributed by atoms with E-state index in [0.29, 0.717) is 32.7 Å². The number of anilines is 1. The van der Waals surface area contributed by atoms with Crippen molar-refractivity contribution >= 4 is 56.4 Å². The summed E-state index contributed by atoms with van der Waals surface area (Å²) in [5, 5.41) is 0.828. The van der Waals surface area contributed by atoms with Crippen LogP contribution in [0.3, 0.4) is 0 Å². The van der Waals surface area contributed by atoms with Crippen LogP contribution in [0.2, 0.25) is 10.0 Å². The van der Waals surface area contributed by atoms with Crippen LogP contribution in [0.15, 0.2) is 35.1 Å². The Labute approximate surface area is 181 Å². The van der Waals surface area contributed by atoms with Crippen molar-refractivity contribution in [3.8, 4) is 5.75 Å². The zero-order chi connectivity index (χ0) is 20.4. The normalized spacial score (nSPS) is 11.1. The maximum absolute atomic E-state index is 12.2. The van der Waals surface area contributed by atoms with Crippen LogP contribution in [0.25, 0.3) is 5.65 Å². The van der Waals surface area contributed by atoms with E-state index in [2.05, 4.69) is 20.9 Å². The monoisotopic (exact) mass is 484 g/mol. The molecule has 0 saturated carbocycles. The fourth-order valence-electron chi connectivity index (χ4n) is 2.79. The first-order chi connectivity index (χ1) is 13.3. The summed E-state index contributed by atoms with van der Waals surface area (Å²) in [5.41, 5.74) is 8.17. The molecule has 2 N–H and O–H groups in total. The SMILES string of the molecule is Cc1nc2c(OCc3c(Cl)ccc(N(C)C(=O)CCN)c3Cl)cccn2c1Br. The van der Waals surface area contributed by atoms with Gasteiger partial charge in [-0.25, -0.2) is 4.98 Å². The average Bonchev–Trinajstić information content (AvgIpc) is 2.96. The number of amides is 1. The van der Waals surface area contributed by atoms with Crippen molar-refractivity contribution in [3.05, 3.63) is 56.4 Å². The summed E-state index contributed by atoms with van der Waals surface area (Å²) in [6.07, 6.45) is 2.13. The van der Waals surface area contributed by atoms with Gasteiger partial charge in [-0.15, -0.1) is 0 Å². The smallest absolute Gasteiger partial charge is 0.228 e. The zero-order valence-electron chi connectivity index (χ0n) is 15.4. The number of nitrogens with two attached hydrogens (primary N) is 1. The second-order valence-electron chi connectivity index (χ2n) is 6.19. The van der Waals surface area contributed by atoms with Crippen molar-refractivity contribution in [3.63, 3.8) is 0 Å². The first-order valence-corrected chi connectivity index (χ1v) is 10.1. The molecule has 0 aliphatic carbocycles. The summed E-state index contributed by atoms with van der Waals surface area (Å²) >= 11 is 16.4. The third kappa shape index (κ3) is 3.98. The topological polar surface area (TPSA) is 72.9 Å². The molecule has 2 heterocycles. The first kappa shape index (κ1) is 20.9. The number of halogens is 3. The molecule has 0 radical (unpaired) electrons. The summed E-state index contributed by atoms with van der Waals surface area (Å²) in [7, 11) is 1.66. The molecule has 28 heavy (non-hydrogen) atoms. The number of ether oxygens (including phenoxy) is 1. The van der Waals surface area contributed by atoms with Crippen molar-refractivity contribution in [2.45, 2.75) is 20.0 Å². The summed E-state index contributed by atoms with van der Waals surface area (Å²) in [4.78, 5) is 18.2. The molecule has 2 aromatic heterocycles. The van der Waals surface area contributed by atoms with Gasteiger partial charge in [0.05, 0.1) is 16.4 Å². The highest BCUT2D eigenvalue weighted by Gasteiger charge is 2.19. The average molecular weight is 486 g/mol. The van der Waals surface area contributed by atoms with Gasteiger partial charge in [-0.1, -0.05) is 23.2 Å². The minimum absolute atomic E-state index is 0.124. The molecule has 148 valence electrons. The predicted molar refractivity (Wildman–Crippen MR) is 116 cm³/mol. The Bertz CT molecular complexity index is 1040. The molecule has 1 amide bonds. The number of imidazole rings is 1. The lowest BCUT2D eigenvalue weighted by Gasteiger charge is -2.21. The first-order valence-electron chi connectivity index (χ1n) is 8.54. The largest absolute Gasteiger partial charge is 0.485 e. The van der Waals surface area contributed by atoms with Crippen LogP contribution in [0.4, 0.5) is 5.69 Å². The number of hydrogen-bond donors (Lipinski definition) is 1. The van der Waals surface area contributed by atoms with Gasteiger partial charge in [0.2, 0.25) is 5.91 Å². The second kappa shape index (κ2) is 8.69. The second-order valence-corrected chi connectivity index (χ2v) is 7.73. The number of rotatable bonds is 6. The molecule has 0 atom stereocenters. The quantitative estimate of drug-likeness (QED) is 0.553. The molecule has 9 heteroatoms. The predicted octanol–water partition coefficient (Wildman–Crippen LogP) is 4.60. The molecule has 3 aromatic rings. The number of hydrogen-bond acceptors (Lipinski definition) is 4. The fraction of sp³-hybridized carbons (Fsp3) is 0.263. The summed E-state index contributed by atoms with van der Waals surface area (Å²) in [5.74, 6) is 0.475. The van der Waals surface area contributed by atoms with Crippen molar-refractivity contribution < 1.29 is 9.53 Å². The van der Waals surface area contributed by atoms with E-state index in [-0.39, 0.29) is 25.5 Å². The van der Waals surface area contributed by atoms with E-state index in [1.165, 1.54) is 4.90 Å². The Morgan fingerprint density at radius 3 is 2.82 bits per heavy atom. The molecule has 3 rings (SSSR count). The van der Waals surface area contributed by atoms with Gasteiger partial charge in [-0.05, 0) is 47.1 Å². The highest BCUT2D eigenvalue weighted by molar-refractivity contribution is 9.10. The van der Waals surface area contributed by atoms with E-state index in [0.717, 1.165) is 10.3 Å². The summed E-state index contributed by atoms with van der Waals surface area (Å²) < 4.78 is 8.74. The molecule has 0 spiro atoms. The Kier molecular flexibility index (Phi) is 6.50. The van der Waals surface area contributed by atoms with Crippen LogP contribution >= 0.6 is 39.1 Å². The van der Waals surface area contributed by atoms with Crippen LogP contribution in [0.1, 0.15) is 17.7 Å². The number of carbonyl (C=O) groups excluding carboxylic acids is 1. The van der Waals surface area contributed by atoms with E-state index < -0.39 is 0 Å². The van der Waals surface area contributed by atoms with Crippen molar-refractivity contribution in [1.82, 2.24) is 9.38 Å². The Balaban J connectivity index is 1.90. The third-order valence-electron chi connectivity index (χ3n) is 4.35. The Hall–Kier alpha value is -1.80. The summed E-state index contributed by atoms with van der Waals surface area (Å²) in [6, 6.07) is 7.10. The molecule has 0 fully saturated rings. The van der Waals surface area contributed by atoms with Crippen LogP contribution in [-0.2, 0) is 11.4 Å². The lowest BCUT2D eigenvalue weighted by molar-refractivity contribution is -0.118. The molecule has 6 nitrogen and oxygen atoms in total. The van der Waals surface area contributed by atoms with Gasteiger partial charge in [0.15, 0.2) is 11.4 Å². The number of fused-ring (bicyclic) bond motifs is 1. The number of pyridine rings is 1. The number of carbonyl (C=O) groups is 1. The highest BCUT2D eigenvalue weighted by atomic mass is 79.9. The van der Waals surface area contributed by atoms with Gasteiger partial charge in [-0.3, -0.25) is 9.20 Å². The van der Waals surface area contributed by atoms with Crippen LogP contribution in [0.5, 0.6) is 5.75 Å². The minimum atomic E-state index is -0.124. The van der Waals surface area contributed by atoms with Crippen molar-refractivity contribution in [2.75, 3.05) is 18.5 Å². The van der Waals surface area contributed by atoms with Crippen molar-refractivity contribution in [2.24, 2.45) is 5.73 Å². The maximum Gasteiger partial charge on any atom is 0.228 e. The van der Waals surface area contributed by atoms with E-state index in [4.69, 9.17) is 33.7 Å². The number of aromatic nitrogens is 2. The lowest BCUT2D eigenvalue weighted by atomic mass is 10.2. The third-order valence-corrected chi connectivity index (χ3v) is 6.08. The fourth-order valence-corrected chi connectivity index (χ4v) is 3.77. The Morgan fingerprint density at radius 2 is 2.11 bits per heavy atom. The van der Waals surface area contributed by atoms with Crippen molar-refractivity contribution in [1.29, 1.82) is 0 Å². The van der Waals surface area contributed by atoms with Gasteiger partial charge in [0.1, 0.15) is 11.2 Å². The maximum atomic E-state index is 12.2. The number of benzene rings is 1. The number of aryl methyl sites for hydroxylation is 1. The molecule has 0 saturated heterocycles. The van der Waals surface area contributed by atoms with E-state index in [1.807, 2.05) is 29.7 Å². The van der Waals surface area contributed by atoms with Crippen LogP contribution < -0.4 is 15.4 Å². The van der Waals surface area contributed by atoms with Gasteiger partial charge >= 0.3 is 0 Å². The van der Waals surface area contributed by atoms with Gasteiger partial charge in [-0.2, -0.15) is 0 Å². The van der Waals surface area contributed by atoms with Crippen LogP contribution in [-0.4, -0.2) is 28.9 Å². The standard InChI is InChI=1S/C19H19BrCl2N4O2/c1-11-18(20)26-9-3-4-15(19(26)24-11)28-10-12-13(21)5-6-14(17(12)22)25(2)16(27)7-8-23/h3-6,9H,7-8,10,23H2,1-2H3. The highest BCUT2D eigenvalue weighted by Crippen LogP contribution is 2.35. The van der Waals surface area contributed by atoms with Crippen LogP contribution in [0, 0.1) is 6.92 Å². The minimum Gasteiger partial charge on any atom is -0.485 e. The van der Waals surface area contributed by atoms with Gasteiger partial charge in [0, 0.05) is 36.8 Å². The molecule has 0 bridgehead atoms. The summed E-state index contributed by atoms with van der Waals surface area (Å²) in [6.45, 7) is 2.31.